The summed E-state index contributed by atoms with van der Waals surface area (Å²) in [6, 6.07) is 3.47. The second kappa shape index (κ2) is 13.1. The minimum Gasteiger partial charge on any atom is -0.459 e. The first-order valence-corrected chi connectivity index (χ1v) is 10.8. The fourth-order valence-corrected chi connectivity index (χ4v) is 4.03. The summed E-state index contributed by atoms with van der Waals surface area (Å²) < 4.78 is 5.22. The Morgan fingerprint density at radius 2 is 1.76 bits per heavy atom. The van der Waals surface area contributed by atoms with Gasteiger partial charge in [-0.05, 0) is 57.5 Å². The van der Waals surface area contributed by atoms with E-state index in [0.29, 0.717) is 18.8 Å². The van der Waals surface area contributed by atoms with Crippen molar-refractivity contribution in [3.63, 3.8) is 0 Å². The number of carbonyl (C=O) groups is 1. The molecule has 0 saturated carbocycles. The van der Waals surface area contributed by atoms with Crippen LogP contribution in [-0.4, -0.2) is 86.0 Å². The number of piperazine rings is 1. The van der Waals surface area contributed by atoms with Gasteiger partial charge in [0.1, 0.15) is 0 Å². The predicted octanol–water partition coefficient (Wildman–Crippen LogP) is 2.89. The van der Waals surface area contributed by atoms with Gasteiger partial charge in [-0.25, -0.2) is 0 Å². The molecule has 2 fully saturated rings. The Hall–Kier alpha value is -1.29. The highest BCUT2D eigenvalue weighted by atomic mass is 127. The van der Waals surface area contributed by atoms with Crippen molar-refractivity contribution < 1.29 is 9.21 Å². The SMILES string of the molecule is CN=C(NCCCCCN1CCCCC1)N1CCN(C(=O)c2ccco2)CC1.I. The number of hydrogen-bond donors (Lipinski definition) is 1. The molecule has 8 heteroatoms. The van der Waals surface area contributed by atoms with Crippen LogP contribution in [0.5, 0.6) is 0 Å². The first kappa shape index (κ1) is 24.0. The molecular weight excluding hydrogens is 481 g/mol. The molecule has 0 bridgehead atoms. The molecule has 0 spiro atoms. The van der Waals surface area contributed by atoms with Gasteiger partial charge in [0.2, 0.25) is 0 Å². The average Bonchev–Trinajstić information content (AvgIpc) is 3.29. The summed E-state index contributed by atoms with van der Waals surface area (Å²) in [5, 5.41) is 3.49. The summed E-state index contributed by atoms with van der Waals surface area (Å²) in [4.78, 5) is 23.5. The summed E-state index contributed by atoms with van der Waals surface area (Å²) in [6.45, 7) is 7.76. The van der Waals surface area contributed by atoms with E-state index in [1.807, 2.05) is 11.9 Å². The maximum atomic E-state index is 12.4. The normalized spacial score (nSPS) is 18.4. The molecule has 164 valence electrons. The largest absolute Gasteiger partial charge is 0.459 e. The summed E-state index contributed by atoms with van der Waals surface area (Å²) in [7, 11) is 1.83. The molecule has 0 unspecified atom stereocenters. The van der Waals surface area contributed by atoms with E-state index in [4.69, 9.17) is 4.42 Å². The van der Waals surface area contributed by atoms with Crippen LogP contribution < -0.4 is 5.32 Å². The average molecular weight is 517 g/mol. The number of piperidine rings is 1. The van der Waals surface area contributed by atoms with Crippen molar-refractivity contribution in [1.29, 1.82) is 0 Å². The lowest BCUT2D eigenvalue weighted by Crippen LogP contribution is -2.53. The number of guanidine groups is 1. The highest BCUT2D eigenvalue weighted by molar-refractivity contribution is 14.0. The van der Waals surface area contributed by atoms with E-state index in [1.54, 1.807) is 18.4 Å². The van der Waals surface area contributed by atoms with E-state index in [9.17, 15) is 4.79 Å². The molecular formula is C21H36IN5O2. The highest BCUT2D eigenvalue weighted by Crippen LogP contribution is 2.11. The van der Waals surface area contributed by atoms with Crippen molar-refractivity contribution in [3.05, 3.63) is 24.2 Å². The van der Waals surface area contributed by atoms with Crippen LogP contribution in [-0.2, 0) is 0 Å². The minimum absolute atomic E-state index is 0. The number of unbranched alkanes of at least 4 members (excludes halogenated alkanes) is 2. The summed E-state index contributed by atoms with van der Waals surface area (Å²) in [5.74, 6) is 1.34. The third-order valence-corrected chi connectivity index (χ3v) is 5.69. The molecule has 0 atom stereocenters. The zero-order valence-corrected chi connectivity index (χ0v) is 20.0. The Morgan fingerprint density at radius 3 is 2.41 bits per heavy atom. The van der Waals surface area contributed by atoms with E-state index in [1.165, 1.54) is 58.2 Å². The number of halogens is 1. The Balaban J connectivity index is 0.00000300. The van der Waals surface area contributed by atoms with E-state index in [0.717, 1.165) is 25.6 Å². The van der Waals surface area contributed by atoms with Gasteiger partial charge in [-0.15, -0.1) is 24.0 Å². The molecule has 3 heterocycles. The van der Waals surface area contributed by atoms with Gasteiger partial charge in [-0.2, -0.15) is 0 Å². The number of nitrogens with zero attached hydrogens (tertiary/aromatic N) is 4. The third kappa shape index (κ3) is 7.47. The first-order chi connectivity index (χ1) is 13.8. The molecule has 2 saturated heterocycles. The quantitative estimate of drug-likeness (QED) is 0.261. The molecule has 0 aliphatic carbocycles. The van der Waals surface area contributed by atoms with Gasteiger partial charge in [0.25, 0.3) is 5.91 Å². The van der Waals surface area contributed by atoms with Crippen LogP contribution in [0.2, 0.25) is 0 Å². The molecule has 7 nitrogen and oxygen atoms in total. The fraction of sp³-hybridized carbons (Fsp3) is 0.714. The van der Waals surface area contributed by atoms with E-state index in [-0.39, 0.29) is 29.9 Å². The van der Waals surface area contributed by atoms with Gasteiger partial charge < -0.3 is 24.4 Å². The van der Waals surface area contributed by atoms with Gasteiger partial charge in [-0.3, -0.25) is 9.79 Å². The Labute approximate surface area is 191 Å². The maximum Gasteiger partial charge on any atom is 0.289 e. The van der Waals surface area contributed by atoms with Crippen molar-refractivity contribution >= 4 is 35.8 Å². The summed E-state index contributed by atoms with van der Waals surface area (Å²) >= 11 is 0. The van der Waals surface area contributed by atoms with Crippen molar-refractivity contribution in [2.24, 2.45) is 4.99 Å². The van der Waals surface area contributed by atoms with Gasteiger partial charge in [0, 0.05) is 39.8 Å². The topological polar surface area (TPSA) is 64.3 Å². The van der Waals surface area contributed by atoms with Crippen molar-refractivity contribution in [3.8, 4) is 0 Å². The van der Waals surface area contributed by atoms with Gasteiger partial charge in [0.15, 0.2) is 11.7 Å². The molecule has 3 rings (SSSR count). The highest BCUT2D eigenvalue weighted by Gasteiger charge is 2.25. The van der Waals surface area contributed by atoms with Crippen LogP contribution in [0.15, 0.2) is 27.8 Å². The number of likely N-dealkylation sites (tertiary alicyclic amines) is 1. The first-order valence-electron chi connectivity index (χ1n) is 10.8. The van der Waals surface area contributed by atoms with E-state index >= 15 is 0 Å². The zero-order valence-electron chi connectivity index (χ0n) is 17.6. The predicted molar refractivity (Wildman–Crippen MR) is 127 cm³/mol. The van der Waals surface area contributed by atoms with Gasteiger partial charge >= 0.3 is 0 Å². The van der Waals surface area contributed by atoms with Crippen LogP contribution in [0, 0.1) is 0 Å². The number of furan rings is 1. The number of rotatable bonds is 7. The van der Waals surface area contributed by atoms with E-state index < -0.39 is 0 Å². The molecule has 0 radical (unpaired) electrons. The number of carbonyl (C=O) groups excluding carboxylic acids is 1. The monoisotopic (exact) mass is 517 g/mol. The lowest BCUT2D eigenvalue weighted by Gasteiger charge is -2.36. The van der Waals surface area contributed by atoms with Crippen molar-refractivity contribution in [1.82, 2.24) is 20.0 Å². The number of amides is 1. The molecule has 2 aliphatic heterocycles. The van der Waals surface area contributed by atoms with E-state index in [2.05, 4.69) is 20.1 Å². The van der Waals surface area contributed by atoms with Gasteiger partial charge in [-0.1, -0.05) is 12.8 Å². The third-order valence-electron chi connectivity index (χ3n) is 5.69. The van der Waals surface area contributed by atoms with Crippen molar-refractivity contribution in [2.75, 3.05) is 59.4 Å². The summed E-state index contributed by atoms with van der Waals surface area (Å²) in [5.41, 5.74) is 0. The molecule has 2 aliphatic rings. The number of hydrogen-bond acceptors (Lipinski definition) is 4. The molecule has 1 amide bonds. The Bertz CT molecular complexity index is 609. The smallest absolute Gasteiger partial charge is 0.289 e. The second-order valence-corrected chi connectivity index (χ2v) is 7.69. The molecule has 1 aromatic rings. The Morgan fingerprint density at radius 1 is 1.03 bits per heavy atom. The van der Waals surface area contributed by atoms with Crippen LogP contribution >= 0.6 is 24.0 Å². The van der Waals surface area contributed by atoms with Gasteiger partial charge in [0.05, 0.1) is 6.26 Å². The lowest BCUT2D eigenvalue weighted by molar-refractivity contribution is 0.0657. The molecule has 29 heavy (non-hydrogen) atoms. The number of aliphatic imine (C=N–C) groups is 1. The second-order valence-electron chi connectivity index (χ2n) is 7.69. The maximum absolute atomic E-state index is 12.4. The minimum atomic E-state index is -0.0266. The zero-order chi connectivity index (χ0) is 19.6. The van der Waals surface area contributed by atoms with Crippen LogP contribution in [0.3, 0.4) is 0 Å². The molecule has 0 aromatic carbocycles. The fourth-order valence-electron chi connectivity index (χ4n) is 4.03. The van der Waals surface area contributed by atoms with Crippen molar-refractivity contribution in [2.45, 2.75) is 38.5 Å². The Kier molecular flexibility index (Phi) is 10.8. The van der Waals surface area contributed by atoms with Crippen LogP contribution in [0.25, 0.3) is 0 Å². The number of nitrogens with one attached hydrogen (secondary N) is 1. The molecule has 1 aromatic heterocycles. The lowest BCUT2D eigenvalue weighted by atomic mass is 10.1. The van der Waals surface area contributed by atoms with Crippen LogP contribution in [0.4, 0.5) is 0 Å². The standard InChI is InChI=1S/C21H35N5O2.HI/c1-22-21(23-10-4-2-5-11-24-12-6-3-7-13-24)26-16-14-25(15-17-26)20(27)19-9-8-18-28-19;/h8-9,18H,2-7,10-17H2,1H3,(H,22,23);1H. The molecule has 1 N–H and O–H groups in total. The van der Waals surface area contributed by atoms with Crippen LogP contribution in [0.1, 0.15) is 49.1 Å². The summed E-state index contributed by atoms with van der Waals surface area (Å²) in [6.07, 6.45) is 9.41.